The van der Waals surface area contributed by atoms with Gasteiger partial charge in [0.2, 0.25) is 0 Å². The summed E-state index contributed by atoms with van der Waals surface area (Å²) in [4.78, 5) is 11.9. The molecule has 0 aromatic heterocycles. The van der Waals surface area contributed by atoms with Crippen LogP contribution in [0.5, 0.6) is 5.75 Å². The molecule has 0 aliphatic carbocycles. The molecule has 2 aromatic carbocycles. The van der Waals surface area contributed by atoms with Crippen LogP contribution in [0.3, 0.4) is 0 Å². The van der Waals surface area contributed by atoms with Crippen LogP contribution in [0.2, 0.25) is 0 Å². The molecule has 0 aliphatic rings. The fourth-order valence-corrected chi connectivity index (χ4v) is 2.17. The molecule has 0 unspecified atom stereocenters. The molecule has 2 aromatic rings. The van der Waals surface area contributed by atoms with Crippen molar-refractivity contribution in [1.82, 2.24) is 10.6 Å². The second kappa shape index (κ2) is 8.96. The van der Waals surface area contributed by atoms with Crippen LogP contribution in [0.4, 0.5) is 0 Å². The van der Waals surface area contributed by atoms with E-state index >= 15 is 0 Å². The van der Waals surface area contributed by atoms with Crippen LogP contribution in [-0.2, 0) is 6.54 Å². The monoisotopic (exact) mass is 312 g/mol. The summed E-state index contributed by atoms with van der Waals surface area (Å²) in [5, 5.41) is 6.22. The molecule has 0 radical (unpaired) electrons. The summed E-state index contributed by atoms with van der Waals surface area (Å²) in [5.74, 6) is 0.856. The van der Waals surface area contributed by atoms with Crippen molar-refractivity contribution < 1.29 is 9.53 Å². The Balaban J connectivity index is 1.65. The first-order valence-corrected chi connectivity index (χ1v) is 7.96. The summed E-state index contributed by atoms with van der Waals surface area (Å²) in [7, 11) is 0. The summed E-state index contributed by atoms with van der Waals surface area (Å²) in [6.45, 7) is 6.76. The molecular weight excluding hydrogens is 288 g/mol. The number of hydrogen-bond donors (Lipinski definition) is 2. The normalized spacial score (nSPS) is 10.3. The molecule has 0 atom stereocenters. The molecule has 2 rings (SSSR count). The quantitative estimate of drug-likeness (QED) is 0.737. The van der Waals surface area contributed by atoms with Gasteiger partial charge in [0.1, 0.15) is 5.75 Å². The summed E-state index contributed by atoms with van der Waals surface area (Å²) in [5.41, 5.74) is 3.04. The first-order chi connectivity index (χ1) is 11.2. The highest BCUT2D eigenvalue weighted by molar-refractivity contribution is 5.94. The van der Waals surface area contributed by atoms with Gasteiger partial charge in [0.25, 0.3) is 5.91 Å². The lowest BCUT2D eigenvalue weighted by Gasteiger charge is -2.08. The van der Waals surface area contributed by atoms with E-state index < -0.39 is 0 Å². The van der Waals surface area contributed by atoms with E-state index in [9.17, 15) is 4.79 Å². The van der Waals surface area contributed by atoms with Crippen molar-refractivity contribution in [3.05, 3.63) is 65.2 Å². The van der Waals surface area contributed by atoms with Gasteiger partial charge in [0.15, 0.2) is 0 Å². The minimum absolute atomic E-state index is 0.0344. The van der Waals surface area contributed by atoms with Crippen molar-refractivity contribution in [2.24, 2.45) is 0 Å². The van der Waals surface area contributed by atoms with Crippen molar-refractivity contribution in [3.63, 3.8) is 0 Å². The Morgan fingerprint density at radius 1 is 1.00 bits per heavy atom. The average molecular weight is 312 g/mol. The molecule has 0 saturated heterocycles. The Hall–Kier alpha value is -2.33. The van der Waals surface area contributed by atoms with Crippen molar-refractivity contribution in [2.75, 3.05) is 19.7 Å². The predicted molar refractivity (Wildman–Crippen MR) is 92.8 cm³/mol. The number of ether oxygens (including phenoxy) is 1. The Kier molecular flexibility index (Phi) is 6.63. The van der Waals surface area contributed by atoms with Gasteiger partial charge in [-0.15, -0.1) is 0 Å². The number of benzene rings is 2. The van der Waals surface area contributed by atoms with Crippen LogP contribution in [0, 0.1) is 6.92 Å². The lowest BCUT2D eigenvalue weighted by atomic mass is 10.1. The highest BCUT2D eigenvalue weighted by Crippen LogP contribution is 2.11. The van der Waals surface area contributed by atoms with E-state index in [1.807, 2.05) is 62.4 Å². The molecular formula is C19H24N2O2. The summed E-state index contributed by atoms with van der Waals surface area (Å²) in [6.07, 6.45) is 0. The largest absolute Gasteiger partial charge is 0.494 e. The molecule has 0 heterocycles. The van der Waals surface area contributed by atoms with Crippen molar-refractivity contribution in [1.29, 1.82) is 0 Å². The molecule has 0 bridgehead atoms. The van der Waals surface area contributed by atoms with Crippen LogP contribution < -0.4 is 15.4 Å². The average Bonchev–Trinajstić information content (AvgIpc) is 2.57. The van der Waals surface area contributed by atoms with Crippen LogP contribution in [0.15, 0.2) is 48.5 Å². The van der Waals surface area contributed by atoms with Crippen LogP contribution in [-0.4, -0.2) is 25.6 Å². The van der Waals surface area contributed by atoms with E-state index in [0.717, 1.165) is 24.4 Å². The molecule has 23 heavy (non-hydrogen) atoms. The van der Waals surface area contributed by atoms with E-state index in [2.05, 4.69) is 10.6 Å². The predicted octanol–water partition coefficient (Wildman–Crippen LogP) is 2.91. The molecule has 4 nitrogen and oxygen atoms in total. The third-order valence-electron chi connectivity index (χ3n) is 3.46. The van der Waals surface area contributed by atoms with Gasteiger partial charge < -0.3 is 15.4 Å². The summed E-state index contributed by atoms with van der Waals surface area (Å²) >= 11 is 0. The van der Waals surface area contributed by atoms with Crippen LogP contribution in [0.25, 0.3) is 0 Å². The zero-order chi connectivity index (χ0) is 16.5. The molecule has 4 heteroatoms. The van der Waals surface area contributed by atoms with Gasteiger partial charge in [-0.25, -0.2) is 0 Å². The number of carbonyl (C=O) groups excluding carboxylic acids is 1. The van der Waals surface area contributed by atoms with E-state index in [1.54, 1.807) is 0 Å². The number of aryl methyl sites for hydroxylation is 1. The number of carbonyl (C=O) groups is 1. The lowest BCUT2D eigenvalue weighted by molar-refractivity contribution is 0.0954. The van der Waals surface area contributed by atoms with Crippen molar-refractivity contribution in [3.8, 4) is 5.75 Å². The molecule has 0 saturated carbocycles. The van der Waals surface area contributed by atoms with Gasteiger partial charge >= 0.3 is 0 Å². The summed E-state index contributed by atoms with van der Waals surface area (Å²) < 4.78 is 5.41. The maximum Gasteiger partial charge on any atom is 0.251 e. The SMILES string of the molecule is CCOc1ccc(CNCCNC(=O)c2ccc(C)cc2)cc1. The molecule has 0 fully saturated rings. The number of amides is 1. The Labute approximate surface area is 137 Å². The second-order valence-corrected chi connectivity index (χ2v) is 5.38. The zero-order valence-electron chi connectivity index (χ0n) is 13.8. The summed E-state index contributed by atoms with van der Waals surface area (Å²) in [6, 6.07) is 15.6. The minimum atomic E-state index is -0.0344. The van der Waals surface area contributed by atoms with Crippen LogP contribution in [0.1, 0.15) is 28.4 Å². The fourth-order valence-electron chi connectivity index (χ4n) is 2.17. The van der Waals surface area contributed by atoms with Gasteiger partial charge in [-0.05, 0) is 43.7 Å². The molecule has 2 N–H and O–H groups in total. The third-order valence-corrected chi connectivity index (χ3v) is 3.46. The van der Waals surface area contributed by atoms with E-state index in [0.29, 0.717) is 18.7 Å². The fraction of sp³-hybridized carbons (Fsp3) is 0.316. The molecule has 1 amide bonds. The van der Waals surface area contributed by atoms with E-state index in [4.69, 9.17) is 4.74 Å². The van der Waals surface area contributed by atoms with Gasteiger partial charge in [-0.3, -0.25) is 4.79 Å². The second-order valence-electron chi connectivity index (χ2n) is 5.38. The highest BCUT2D eigenvalue weighted by atomic mass is 16.5. The highest BCUT2D eigenvalue weighted by Gasteiger charge is 2.03. The van der Waals surface area contributed by atoms with Crippen LogP contribution >= 0.6 is 0 Å². The molecule has 0 spiro atoms. The number of nitrogens with one attached hydrogen (secondary N) is 2. The lowest BCUT2D eigenvalue weighted by Crippen LogP contribution is -2.31. The first kappa shape index (κ1) is 17.0. The maximum atomic E-state index is 11.9. The maximum absolute atomic E-state index is 11.9. The standard InChI is InChI=1S/C19H24N2O2/c1-3-23-18-10-6-16(7-11-18)14-20-12-13-21-19(22)17-8-4-15(2)5-9-17/h4-11,20H,3,12-14H2,1-2H3,(H,21,22). The van der Waals surface area contributed by atoms with Gasteiger partial charge in [-0.2, -0.15) is 0 Å². The van der Waals surface area contributed by atoms with Gasteiger partial charge in [0.05, 0.1) is 6.61 Å². The van der Waals surface area contributed by atoms with Crippen molar-refractivity contribution in [2.45, 2.75) is 20.4 Å². The smallest absolute Gasteiger partial charge is 0.251 e. The Morgan fingerprint density at radius 2 is 1.70 bits per heavy atom. The third kappa shape index (κ3) is 5.75. The number of rotatable bonds is 8. The molecule has 0 aliphatic heterocycles. The van der Waals surface area contributed by atoms with E-state index in [-0.39, 0.29) is 5.91 Å². The Morgan fingerprint density at radius 3 is 2.35 bits per heavy atom. The van der Waals surface area contributed by atoms with E-state index in [1.165, 1.54) is 5.56 Å². The molecule has 122 valence electrons. The van der Waals surface area contributed by atoms with Crippen molar-refractivity contribution >= 4 is 5.91 Å². The topological polar surface area (TPSA) is 50.4 Å². The van der Waals surface area contributed by atoms with Gasteiger partial charge in [-0.1, -0.05) is 29.8 Å². The minimum Gasteiger partial charge on any atom is -0.494 e. The first-order valence-electron chi connectivity index (χ1n) is 7.96. The zero-order valence-corrected chi connectivity index (χ0v) is 13.8. The number of hydrogen-bond acceptors (Lipinski definition) is 3. The van der Waals surface area contributed by atoms with Gasteiger partial charge in [0, 0.05) is 25.2 Å². The Bertz CT molecular complexity index is 606.